The van der Waals surface area contributed by atoms with Gasteiger partial charge in [0.15, 0.2) is 0 Å². The SMILES string of the molecule is Cc1c(C(=O)O)c(C)n(Cc2ccco2)c1C. The van der Waals surface area contributed by atoms with Crippen LogP contribution in [0.15, 0.2) is 22.8 Å². The molecule has 0 bridgehead atoms. The van der Waals surface area contributed by atoms with Crippen molar-refractivity contribution in [2.24, 2.45) is 0 Å². The van der Waals surface area contributed by atoms with E-state index < -0.39 is 5.97 Å². The van der Waals surface area contributed by atoms with E-state index in [9.17, 15) is 9.90 Å². The Morgan fingerprint density at radius 1 is 1.35 bits per heavy atom. The normalized spacial score (nSPS) is 10.8. The van der Waals surface area contributed by atoms with Crippen LogP contribution in [-0.4, -0.2) is 15.6 Å². The van der Waals surface area contributed by atoms with Crippen LogP contribution in [0.1, 0.15) is 33.1 Å². The third-order valence-electron chi connectivity index (χ3n) is 3.20. The summed E-state index contributed by atoms with van der Waals surface area (Å²) in [4.78, 5) is 11.2. The molecule has 0 aliphatic rings. The zero-order valence-electron chi connectivity index (χ0n) is 10.2. The summed E-state index contributed by atoms with van der Waals surface area (Å²) in [5.74, 6) is -0.0515. The van der Waals surface area contributed by atoms with Gasteiger partial charge in [0.2, 0.25) is 0 Å². The van der Waals surface area contributed by atoms with E-state index in [2.05, 4.69) is 0 Å². The molecule has 0 aromatic carbocycles. The maximum atomic E-state index is 11.2. The Hall–Kier alpha value is -1.97. The van der Waals surface area contributed by atoms with Gasteiger partial charge in [0.25, 0.3) is 0 Å². The molecule has 1 N–H and O–H groups in total. The van der Waals surface area contributed by atoms with E-state index in [-0.39, 0.29) is 0 Å². The van der Waals surface area contributed by atoms with E-state index in [0.717, 1.165) is 22.7 Å². The number of rotatable bonds is 3. The number of carbonyl (C=O) groups is 1. The first kappa shape index (κ1) is 11.5. The molecular weight excluding hydrogens is 218 g/mol. The van der Waals surface area contributed by atoms with E-state index in [0.29, 0.717) is 12.1 Å². The molecule has 2 rings (SSSR count). The van der Waals surface area contributed by atoms with Crippen LogP contribution in [-0.2, 0) is 6.54 Å². The maximum absolute atomic E-state index is 11.2. The van der Waals surface area contributed by atoms with E-state index >= 15 is 0 Å². The van der Waals surface area contributed by atoms with Crippen LogP contribution in [0.25, 0.3) is 0 Å². The molecule has 17 heavy (non-hydrogen) atoms. The van der Waals surface area contributed by atoms with E-state index in [1.165, 1.54) is 0 Å². The topological polar surface area (TPSA) is 55.4 Å². The van der Waals surface area contributed by atoms with E-state index in [1.54, 1.807) is 6.26 Å². The van der Waals surface area contributed by atoms with Gasteiger partial charge in [0.1, 0.15) is 5.76 Å². The van der Waals surface area contributed by atoms with E-state index in [1.807, 2.05) is 37.5 Å². The standard InChI is InChI=1S/C13H15NO3/c1-8-9(2)14(7-11-5-4-6-17-11)10(3)12(8)13(15)16/h4-6H,7H2,1-3H3,(H,15,16). The predicted molar refractivity (Wildman–Crippen MR) is 63.4 cm³/mol. The first-order valence-corrected chi connectivity index (χ1v) is 5.44. The lowest BCUT2D eigenvalue weighted by Gasteiger charge is -2.07. The molecule has 4 nitrogen and oxygen atoms in total. The van der Waals surface area contributed by atoms with Gasteiger partial charge in [0, 0.05) is 11.4 Å². The van der Waals surface area contributed by atoms with Crippen LogP contribution in [0.2, 0.25) is 0 Å². The van der Waals surface area contributed by atoms with Crippen LogP contribution in [0, 0.1) is 20.8 Å². The molecule has 0 spiro atoms. The molecule has 0 aliphatic carbocycles. The van der Waals surface area contributed by atoms with Gasteiger partial charge in [-0.1, -0.05) is 0 Å². The number of aromatic nitrogens is 1. The summed E-state index contributed by atoms with van der Waals surface area (Å²) in [5, 5.41) is 9.17. The minimum atomic E-state index is -0.874. The first-order valence-electron chi connectivity index (χ1n) is 5.44. The summed E-state index contributed by atoms with van der Waals surface area (Å²) in [6, 6.07) is 3.71. The number of aromatic carboxylic acids is 1. The van der Waals surface area contributed by atoms with Crippen molar-refractivity contribution in [3.8, 4) is 0 Å². The van der Waals surface area contributed by atoms with Crippen molar-refractivity contribution in [1.82, 2.24) is 4.57 Å². The fourth-order valence-electron chi connectivity index (χ4n) is 2.15. The molecule has 0 radical (unpaired) electrons. The molecule has 90 valence electrons. The van der Waals surface area contributed by atoms with Gasteiger partial charge in [-0.05, 0) is 38.5 Å². The summed E-state index contributed by atoms with van der Waals surface area (Å²) >= 11 is 0. The van der Waals surface area contributed by atoms with Crippen molar-refractivity contribution in [1.29, 1.82) is 0 Å². The van der Waals surface area contributed by atoms with Gasteiger partial charge in [-0.15, -0.1) is 0 Å². The second-order valence-electron chi connectivity index (χ2n) is 4.14. The minimum Gasteiger partial charge on any atom is -0.478 e. The summed E-state index contributed by atoms with van der Waals surface area (Å²) < 4.78 is 7.26. The van der Waals surface area contributed by atoms with Crippen molar-refractivity contribution in [2.75, 3.05) is 0 Å². The van der Waals surface area contributed by atoms with Gasteiger partial charge in [-0.25, -0.2) is 4.79 Å². The van der Waals surface area contributed by atoms with Gasteiger partial charge < -0.3 is 14.1 Å². The molecule has 0 unspecified atom stereocenters. The van der Waals surface area contributed by atoms with Crippen molar-refractivity contribution in [3.63, 3.8) is 0 Å². The highest BCUT2D eigenvalue weighted by Gasteiger charge is 2.19. The zero-order valence-corrected chi connectivity index (χ0v) is 10.2. The number of nitrogens with zero attached hydrogens (tertiary/aromatic N) is 1. The average Bonchev–Trinajstić information content (AvgIpc) is 2.82. The highest BCUT2D eigenvalue weighted by Crippen LogP contribution is 2.22. The molecule has 4 heteroatoms. The summed E-state index contributed by atoms with van der Waals surface area (Å²) in [6.45, 7) is 6.16. The molecule has 0 fully saturated rings. The number of hydrogen-bond acceptors (Lipinski definition) is 2. The van der Waals surface area contributed by atoms with Crippen LogP contribution in [0.3, 0.4) is 0 Å². The molecule has 2 aromatic rings. The van der Waals surface area contributed by atoms with Crippen molar-refractivity contribution < 1.29 is 14.3 Å². The van der Waals surface area contributed by atoms with Crippen LogP contribution < -0.4 is 0 Å². The zero-order chi connectivity index (χ0) is 12.6. The number of carboxylic acid groups (broad SMARTS) is 1. The Morgan fingerprint density at radius 3 is 2.53 bits per heavy atom. The lowest BCUT2D eigenvalue weighted by molar-refractivity contribution is 0.0695. The third-order valence-corrected chi connectivity index (χ3v) is 3.20. The summed E-state index contributed by atoms with van der Waals surface area (Å²) in [6.07, 6.45) is 1.62. The molecular formula is C13H15NO3. The largest absolute Gasteiger partial charge is 0.478 e. The molecule has 2 aromatic heterocycles. The highest BCUT2D eigenvalue weighted by atomic mass is 16.4. The average molecular weight is 233 g/mol. The minimum absolute atomic E-state index is 0.397. The number of furan rings is 1. The van der Waals surface area contributed by atoms with Crippen LogP contribution >= 0.6 is 0 Å². The van der Waals surface area contributed by atoms with Gasteiger partial charge in [0.05, 0.1) is 18.4 Å². The lowest BCUT2D eigenvalue weighted by atomic mass is 10.1. The fraction of sp³-hybridized carbons (Fsp3) is 0.308. The van der Waals surface area contributed by atoms with Gasteiger partial charge in [-0.2, -0.15) is 0 Å². The molecule has 0 saturated heterocycles. The molecule has 2 heterocycles. The Bertz CT molecular complexity index is 550. The highest BCUT2D eigenvalue weighted by molar-refractivity contribution is 5.91. The Balaban J connectivity index is 2.48. The van der Waals surface area contributed by atoms with Crippen molar-refractivity contribution in [2.45, 2.75) is 27.3 Å². The third kappa shape index (κ3) is 1.86. The smallest absolute Gasteiger partial charge is 0.337 e. The lowest BCUT2D eigenvalue weighted by Crippen LogP contribution is -2.05. The van der Waals surface area contributed by atoms with Crippen molar-refractivity contribution >= 4 is 5.97 Å². The predicted octanol–water partition coefficient (Wildman–Crippen LogP) is 2.75. The Morgan fingerprint density at radius 2 is 2.06 bits per heavy atom. The molecule has 0 saturated carbocycles. The second-order valence-corrected chi connectivity index (χ2v) is 4.14. The Labute approximate surface area is 99.5 Å². The van der Waals surface area contributed by atoms with Crippen molar-refractivity contribution in [3.05, 3.63) is 46.7 Å². The molecule has 0 amide bonds. The first-order chi connectivity index (χ1) is 8.02. The Kier molecular flexibility index (Phi) is 2.79. The molecule has 0 aliphatic heterocycles. The fourth-order valence-corrected chi connectivity index (χ4v) is 2.15. The monoisotopic (exact) mass is 233 g/mol. The van der Waals surface area contributed by atoms with Crippen LogP contribution in [0.5, 0.6) is 0 Å². The van der Waals surface area contributed by atoms with E-state index in [4.69, 9.17) is 4.42 Å². The molecule has 0 atom stereocenters. The second kappa shape index (κ2) is 4.13. The van der Waals surface area contributed by atoms with Gasteiger partial charge in [-0.3, -0.25) is 0 Å². The van der Waals surface area contributed by atoms with Crippen LogP contribution in [0.4, 0.5) is 0 Å². The summed E-state index contributed by atoms with van der Waals surface area (Å²) in [5.41, 5.74) is 2.95. The number of carboxylic acids is 1. The maximum Gasteiger partial charge on any atom is 0.337 e. The summed E-state index contributed by atoms with van der Waals surface area (Å²) in [7, 11) is 0. The van der Waals surface area contributed by atoms with Gasteiger partial charge >= 0.3 is 5.97 Å². The number of hydrogen-bond donors (Lipinski definition) is 1. The quantitative estimate of drug-likeness (QED) is 0.886.